The van der Waals surface area contributed by atoms with E-state index in [0.717, 1.165) is 11.3 Å². The van der Waals surface area contributed by atoms with E-state index in [1.54, 1.807) is 17.1 Å². The molecule has 1 aromatic carbocycles. The van der Waals surface area contributed by atoms with Crippen LogP contribution in [0.4, 0.5) is 0 Å². The van der Waals surface area contributed by atoms with Crippen LogP contribution in [0.3, 0.4) is 0 Å². The van der Waals surface area contributed by atoms with Crippen LogP contribution in [0.25, 0.3) is 5.69 Å². The Morgan fingerprint density at radius 1 is 1.35 bits per heavy atom. The van der Waals surface area contributed by atoms with Crippen molar-refractivity contribution >= 4 is 11.9 Å². The van der Waals surface area contributed by atoms with E-state index in [1.165, 1.54) is 6.92 Å². The molecule has 1 atom stereocenters. The maximum absolute atomic E-state index is 11.6. The summed E-state index contributed by atoms with van der Waals surface area (Å²) in [4.78, 5) is 22.4. The van der Waals surface area contributed by atoms with Crippen molar-refractivity contribution < 1.29 is 14.7 Å². The highest BCUT2D eigenvalue weighted by Crippen LogP contribution is 2.13. The molecule has 2 N–H and O–H groups in total. The molecule has 0 aliphatic carbocycles. The minimum atomic E-state index is -1.14. The standard InChI is InChI=1S/C14H15N3O3/c1-10(14(19)20)13(18)15-9-11-5-2-3-6-12(11)17-8-4-7-16-17/h2-8,10H,9H2,1H3,(H,15,18)(H,19,20). The van der Waals surface area contributed by atoms with Crippen molar-refractivity contribution in [2.75, 3.05) is 0 Å². The summed E-state index contributed by atoms with van der Waals surface area (Å²) < 4.78 is 1.70. The van der Waals surface area contributed by atoms with Gasteiger partial charge in [0.25, 0.3) is 0 Å². The van der Waals surface area contributed by atoms with E-state index in [1.807, 2.05) is 30.3 Å². The number of nitrogens with zero attached hydrogens (tertiary/aromatic N) is 2. The van der Waals surface area contributed by atoms with E-state index in [0.29, 0.717) is 0 Å². The average molecular weight is 273 g/mol. The lowest BCUT2D eigenvalue weighted by atomic mass is 10.1. The Bertz CT molecular complexity index is 608. The van der Waals surface area contributed by atoms with Gasteiger partial charge in [0.2, 0.25) is 5.91 Å². The number of aliphatic carboxylic acids is 1. The molecule has 1 aromatic heterocycles. The minimum Gasteiger partial charge on any atom is -0.481 e. The number of carboxylic acid groups (broad SMARTS) is 1. The molecule has 0 bridgehead atoms. The highest BCUT2D eigenvalue weighted by Gasteiger charge is 2.20. The van der Waals surface area contributed by atoms with Crippen LogP contribution < -0.4 is 5.32 Å². The molecule has 20 heavy (non-hydrogen) atoms. The van der Waals surface area contributed by atoms with E-state index < -0.39 is 17.8 Å². The number of amides is 1. The number of rotatable bonds is 5. The Balaban J connectivity index is 2.11. The summed E-state index contributed by atoms with van der Waals surface area (Å²) in [7, 11) is 0. The second kappa shape index (κ2) is 6.01. The van der Waals surface area contributed by atoms with Crippen molar-refractivity contribution in [3.63, 3.8) is 0 Å². The third-order valence-corrected chi connectivity index (χ3v) is 2.96. The molecule has 2 aromatic rings. The number of aromatic nitrogens is 2. The topological polar surface area (TPSA) is 84.2 Å². The fourth-order valence-corrected chi connectivity index (χ4v) is 1.74. The van der Waals surface area contributed by atoms with Crippen molar-refractivity contribution in [3.05, 3.63) is 48.3 Å². The number of carbonyl (C=O) groups is 2. The Hall–Kier alpha value is -2.63. The van der Waals surface area contributed by atoms with E-state index in [-0.39, 0.29) is 6.54 Å². The normalized spacial score (nSPS) is 11.8. The van der Waals surface area contributed by atoms with Gasteiger partial charge in [0.1, 0.15) is 5.92 Å². The van der Waals surface area contributed by atoms with Gasteiger partial charge in [-0.1, -0.05) is 18.2 Å². The number of carbonyl (C=O) groups excluding carboxylic acids is 1. The molecule has 1 unspecified atom stereocenters. The highest BCUT2D eigenvalue weighted by molar-refractivity contribution is 5.96. The SMILES string of the molecule is CC(C(=O)O)C(=O)NCc1ccccc1-n1cccn1. The molecule has 1 amide bonds. The van der Waals surface area contributed by atoms with E-state index in [9.17, 15) is 9.59 Å². The molecule has 0 saturated heterocycles. The maximum Gasteiger partial charge on any atom is 0.315 e. The third-order valence-electron chi connectivity index (χ3n) is 2.96. The van der Waals surface area contributed by atoms with Crippen LogP contribution >= 0.6 is 0 Å². The van der Waals surface area contributed by atoms with E-state index in [4.69, 9.17) is 5.11 Å². The quantitative estimate of drug-likeness (QED) is 0.802. The van der Waals surface area contributed by atoms with Crippen LogP contribution in [0.15, 0.2) is 42.7 Å². The van der Waals surface area contributed by atoms with Gasteiger partial charge in [-0.3, -0.25) is 9.59 Å². The fraction of sp³-hybridized carbons (Fsp3) is 0.214. The van der Waals surface area contributed by atoms with Crippen LogP contribution in [-0.2, 0) is 16.1 Å². The van der Waals surface area contributed by atoms with E-state index in [2.05, 4.69) is 10.4 Å². The summed E-state index contributed by atoms with van der Waals surface area (Å²) in [6.07, 6.45) is 3.47. The molecule has 104 valence electrons. The molecule has 6 heteroatoms. The van der Waals surface area contributed by atoms with Gasteiger partial charge in [-0.25, -0.2) is 4.68 Å². The van der Waals surface area contributed by atoms with Gasteiger partial charge in [0, 0.05) is 18.9 Å². The zero-order valence-electron chi connectivity index (χ0n) is 11.0. The van der Waals surface area contributed by atoms with Gasteiger partial charge >= 0.3 is 5.97 Å². The predicted molar refractivity (Wildman–Crippen MR) is 72.2 cm³/mol. The van der Waals surface area contributed by atoms with Gasteiger partial charge in [-0.15, -0.1) is 0 Å². The second-order valence-electron chi connectivity index (χ2n) is 4.36. The lowest BCUT2D eigenvalue weighted by Crippen LogP contribution is -2.33. The van der Waals surface area contributed by atoms with Crippen molar-refractivity contribution in [2.24, 2.45) is 5.92 Å². The molecule has 2 rings (SSSR count). The van der Waals surface area contributed by atoms with Gasteiger partial charge in [-0.2, -0.15) is 5.10 Å². The Morgan fingerprint density at radius 2 is 2.10 bits per heavy atom. The molecule has 0 aliphatic heterocycles. The van der Waals surface area contributed by atoms with Gasteiger partial charge in [0.15, 0.2) is 0 Å². The van der Waals surface area contributed by atoms with Crippen molar-refractivity contribution in [1.82, 2.24) is 15.1 Å². The minimum absolute atomic E-state index is 0.256. The van der Waals surface area contributed by atoms with Gasteiger partial charge in [0.05, 0.1) is 5.69 Å². The monoisotopic (exact) mass is 273 g/mol. The van der Waals surface area contributed by atoms with Crippen molar-refractivity contribution in [3.8, 4) is 5.69 Å². The molecule has 0 aliphatic rings. The Morgan fingerprint density at radius 3 is 2.75 bits per heavy atom. The summed E-state index contributed by atoms with van der Waals surface area (Å²) in [6.45, 7) is 1.61. The molecule has 0 radical (unpaired) electrons. The molecule has 6 nitrogen and oxygen atoms in total. The first kappa shape index (κ1) is 13.8. The zero-order chi connectivity index (χ0) is 14.5. The number of nitrogens with one attached hydrogen (secondary N) is 1. The zero-order valence-corrected chi connectivity index (χ0v) is 11.0. The van der Waals surface area contributed by atoms with Crippen molar-refractivity contribution in [2.45, 2.75) is 13.5 Å². The number of hydrogen-bond donors (Lipinski definition) is 2. The first-order valence-corrected chi connectivity index (χ1v) is 6.18. The molecule has 1 heterocycles. The van der Waals surface area contributed by atoms with E-state index >= 15 is 0 Å². The summed E-state index contributed by atoms with van der Waals surface area (Å²) >= 11 is 0. The van der Waals surface area contributed by atoms with Crippen LogP contribution in [0.2, 0.25) is 0 Å². The molecule has 0 saturated carbocycles. The van der Waals surface area contributed by atoms with Gasteiger partial charge in [-0.05, 0) is 24.6 Å². The smallest absolute Gasteiger partial charge is 0.315 e. The van der Waals surface area contributed by atoms with Crippen LogP contribution in [0.5, 0.6) is 0 Å². The van der Waals surface area contributed by atoms with Gasteiger partial charge < -0.3 is 10.4 Å². The number of para-hydroxylation sites is 1. The number of benzene rings is 1. The Kier molecular flexibility index (Phi) is 4.14. The predicted octanol–water partition coefficient (Wildman–Crippen LogP) is 1.21. The third kappa shape index (κ3) is 3.03. The number of carboxylic acids is 1. The largest absolute Gasteiger partial charge is 0.481 e. The van der Waals surface area contributed by atoms with Crippen LogP contribution in [0.1, 0.15) is 12.5 Å². The number of hydrogen-bond acceptors (Lipinski definition) is 3. The molecular formula is C14H15N3O3. The molecule has 0 fully saturated rings. The first-order chi connectivity index (χ1) is 9.59. The molecule has 0 spiro atoms. The lowest BCUT2D eigenvalue weighted by molar-refractivity contribution is -0.146. The summed E-state index contributed by atoms with van der Waals surface area (Å²) in [5.74, 6) is -2.71. The summed E-state index contributed by atoms with van der Waals surface area (Å²) in [5.41, 5.74) is 1.71. The fourth-order valence-electron chi connectivity index (χ4n) is 1.74. The van der Waals surface area contributed by atoms with Crippen LogP contribution in [0, 0.1) is 5.92 Å². The summed E-state index contributed by atoms with van der Waals surface area (Å²) in [6, 6.07) is 9.29. The average Bonchev–Trinajstić information content (AvgIpc) is 2.98. The first-order valence-electron chi connectivity index (χ1n) is 6.18. The summed E-state index contributed by atoms with van der Waals surface area (Å²) in [5, 5.41) is 15.5. The van der Waals surface area contributed by atoms with Crippen LogP contribution in [-0.4, -0.2) is 26.8 Å². The van der Waals surface area contributed by atoms with Crippen molar-refractivity contribution in [1.29, 1.82) is 0 Å². The Labute approximate surface area is 116 Å². The molecular weight excluding hydrogens is 258 g/mol. The highest BCUT2D eigenvalue weighted by atomic mass is 16.4. The maximum atomic E-state index is 11.6. The second-order valence-corrected chi connectivity index (χ2v) is 4.36. The lowest BCUT2D eigenvalue weighted by Gasteiger charge is -2.12.